The maximum atomic E-state index is 5.20. The third-order valence-electron chi connectivity index (χ3n) is 2.59. The van der Waals surface area contributed by atoms with Gasteiger partial charge >= 0.3 is 0 Å². The number of hydrogen-bond donors (Lipinski definition) is 2. The lowest BCUT2D eigenvalue weighted by molar-refractivity contribution is 0.415. The average Bonchev–Trinajstić information content (AvgIpc) is 2.81. The first-order valence-corrected chi connectivity index (χ1v) is 5.30. The van der Waals surface area contributed by atoms with Gasteiger partial charge in [-0.25, -0.2) is 0 Å². The van der Waals surface area contributed by atoms with Crippen LogP contribution in [0.1, 0.15) is 11.1 Å². The molecule has 84 valence electrons. The minimum Gasteiger partial charge on any atom is -0.497 e. The second kappa shape index (κ2) is 4.75. The van der Waals surface area contributed by atoms with Crippen LogP contribution in [-0.2, 0) is 6.54 Å². The number of ether oxygens (including phenoxy) is 1. The molecule has 0 unspecified atom stereocenters. The van der Waals surface area contributed by atoms with Crippen LogP contribution >= 0.6 is 0 Å². The molecule has 0 bridgehead atoms. The van der Waals surface area contributed by atoms with Gasteiger partial charge in [-0.3, -0.25) is 0 Å². The topological polar surface area (TPSA) is 37.0 Å². The molecule has 3 nitrogen and oxygen atoms in total. The van der Waals surface area contributed by atoms with Crippen molar-refractivity contribution in [3.8, 4) is 5.75 Å². The van der Waals surface area contributed by atoms with Crippen molar-refractivity contribution in [1.82, 2.24) is 4.98 Å². The summed E-state index contributed by atoms with van der Waals surface area (Å²) in [7, 11) is 1.68. The molecular formula is C13H16N2O. The Morgan fingerprint density at radius 1 is 1.31 bits per heavy atom. The normalized spacial score (nSPS) is 10.1. The third-order valence-corrected chi connectivity index (χ3v) is 2.59. The molecule has 0 aliphatic heterocycles. The highest BCUT2D eigenvalue weighted by Crippen LogP contribution is 2.22. The summed E-state index contributed by atoms with van der Waals surface area (Å²) in [6, 6.07) is 8.10. The minimum absolute atomic E-state index is 0.817. The number of benzene rings is 1. The molecule has 2 rings (SSSR count). The third kappa shape index (κ3) is 2.37. The first-order valence-electron chi connectivity index (χ1n) is 5.30. The van der Waals surface area contributed by atoms with E-state index in [1.165, 1.54) is 11.1 Å². The van der Waals surface area contributed by atoms with Crippen LogP contribution in [0.2, 0.25) is 0 Å². The fourth-order valence-corrected chi connectivity index (χ4v) is 1.58. The molecule has 0 radical (unpaired) electrons. The van der Waals surface area contributed by atoms with Crippen LogP contribution in [0.3, 0.4) is 0 Å². The molecular weight excluding hydrogens is 200 g/mol. The first-order chi connectivity index (χ1) is 7.79. The van der Waals surface area contributed by atoms with Gasteiger partial charge in [0.1, 0.15) is 5.75 Å². The molecule has 1 aromatic heterocycles. The molecule has 0 atom stereocenters. The van der Waals surface area contributed by atoms with Gasteiger partial charge < -0.3 is 15.0 Å². The van der Waals surface area contributed by atoms with E-state index in [1.807, 2.05) is 24.5 Å². The summed E-state index contributed by atoms with van der Waals surface area (Å²) in [6.45, 7) is 2.90. The van der Waals surface area contributed by atoms with Gasteiger partial charge in [0.2, 0.25) is 0 Å². The van der Waals surface area contributed by atoms with Gasteiger partial charge in [-0.2, -0.15) is 0 Å². The Hall–Kier alpha value is -1.90. The van der Waals surface area contributed by atoms with Crippen LogP contribution in [0.5, 0.6) is 5.75 Å². The van der Waals surface area contributed by atoms with E-state index in [1.54, 1.807) is 7.11 Å². The lowest BCUT2D eigenvalue weighted by Gasteiger charge is -2.10. The van der Waals surface area contributed by atoms with Crippen molar-refractivity contribution in [3.05, 3.63) is 47.8 Å². The molecule has 0 aliphatic rings. The van der Waals surface area contributed by atoms with E-state index in [2.05, 4.69) is 29.4 Å². The molecule has 3 heteroatoms. The summed E-state index contributed by atoms with van der Waals surface area (Å²) >= 11 is 0. The predicted molar refractivity (Wildman–Crippen MR) is 65.9 cm³/mol. The largest absolute Gasteiger partial charge is 0.497 e. The molecule has 0 aliphatic carbocycles. The number of nitrogens with one attached hydrogen (secondary N) is 2. The first kappa shape index (κ1) is 10.6. The van der Waals surface area contributed by atoms with Crippen LogP contribution in [0, 0.1) is 6.92 Å². The maximum absolute atomic E-state index is 5.20. The lowest BCUT2D eigenvalue weighted by atomic mass is 10.2. The zero-order valence-electron chi connectivity index (χ0n) is 9.58. The summed E-state index contributed by atoms with van der Waals surface area (Å²) in [5, 5.41) is 3.39. The van der Waals surface area contributed by atoms with Gasteiger partial charge in [0.25, 0.3) is 0 Å². The predicted octanol–water partition coefficient (Wildman–Crippen LogP) is 2.94. The molecule has 0 fully saturated rings. The van der Waals surface area contributed by atoms with Gasteiger partial charge in [-0.1, -0.05) is 6.07 Å². The number of aromatic amines is 1. The molecule has 0 saturated carbocycles. The van der Waals surface area contributed by atoms with Crippen molar-refractivity contribution in [2.45, 2.75) is 13.5 Å². The van der Waals surface area contributed by atoms with Crippen molar-refractivity contribution in [3.63, 3.8) is 0 Å². The van der Waals surface area contributed by atoms with Crippen LogP contribution in [0.4, 0.5) is 5.69 Å². The number of anilines is 1. The zero-order chi connectivity index (χ0) is 11.4. The van der Waals surface area contributed by atoms with Crippen molar-refractivity contribution >= 4 is 5.69 Å². The average molecular weight is 216 g/mol. The van der Waals surface area contributed by atoms with Gasteiger partial charge in [0.15, 0.2) is 0 Å². The number of aryl methyl sites for hydroxylation is 1. The highest BCUT2D eigenvalue weighted by atomic mass is 16.5. The molecule has 1 heterocycles. The maximum Gasteiger partial charge on any atom is 0.120 e. The molecule has 0 amide bonds. The Morgan fingerprint density at radius 2 is 2.19 bits per heavy atom. The van der Waals surface area contributed by atoms with E-state index in [4.69, 9.17) is 4.74 Å². The van der Waals surface area contributed by atoms with Crippen LogP contribution in [-0.4, -0.2) is 12.1 Å². The van der Waals surface area contributed by atoms with Crippen molar-refractivity contribution in [2.75, 3.05) is 12.4 Å². The van der Waals surface area contributed by atoms with E-state index >= 15 is 0 Å². The van der Waals surface area contributed by atoms with Gasteiger partial charge in [-0.15, -0.1) is 0 Å². The molecule has 2 N–H and O–H groups in total. The van der Waals surface area contributed by atoms with Gasteiger partial charge in [0.05, 0.1) is 7.11 Å². The smallest absolute Gasteiger partial charge is 0.120 e. The Bertz CT molecular complexity index is 449. The van der Waals surface area contributed by atoms with Crippen LogP contribution in [0.25, 0.3) is 0 Å². The van der Waals surface area contributed by atoms with Gasteiger partial charge in [0, 0.05) is 30.7 Å². The summed E-state index contributed by atoms with van der Waals surface area (Å²) in [4.78, 5) is 3.04. The summed E-state index contributed by atoms with van der Waals surface area (Å²) in [5.41, 5.74) is 3.57. The molecule has 2 aromatic rings. The number of aromatic nitrogens is 1. The Labute approximate surface area is 95.5 Å². The Balaban J connectivity index is 2.08. The van der Waals surface area contributed by atoms with Crippen LogP contribution in [0.15, 0.2) is 36.7 Å². The van der Waals surface area contributed by atoms with Crippen LogP contribution < -0.4 is 10.1 Å². The highest BCUT2D eigenvalue weighted by Gasteiger charge is 2.00. The second-order valence-corrected chi connectivity index (χ2v) is 3.75. The number of hydrogen-bond acceptors (Lipinski definition) is 2. The standard InChI is InChI=1S/C13H16N2O/c1-10-3-4-12(16-2)7-13(10)15-9-11-5-6-14-8-11/h3-8,14-15H,9H2,1-2H3. The highest BCUT2D eigenvalue weighted by molar-refractivity contribution is 5.54. The van der Waals surface area contributed by atoms with Gasteiger partial charge in [-0.05, 0) is 30.2 Å². The zero-order valence-corrected chi connectivity index (χ0v) is 9.58. The minimum atomic E-state index is 0.817. The Morgan fingerprint density at radius 3 is 2.88 bits per heavy atom. The summed E-state index contributed by atoms with van der Waals surface area (Å²) < 4.78 is 5.20. The monoisotopic (exact) mass is 216 g/mol. The Kier molecular flexibility index (Phi) is 3.15. The fourth-order valence-electron chi connectivity index (χ4n) is 1.58. The summed E-state index contributed by atoms with van der Waals surface area (Å²) in [5.74, 6) is 0.877. The molecule has 16 heavy (non-hydrogen) atoms. The molecule has 0 spiro atoms. The fraction of sp³-hybridized carbons (Fsp3) is 0.231. The SMILES string of the molecule is COc1ccc(C)c(NCc2cc[nH]c2)c1. The van der Waals surface area contributed by atoms with E-state index in [-0.39, 0.29) is 0 Å². The van der Waals surface area contributed by atoms with E-state index in [0.29, 0.717) is 0 Å². The number of H-pyrrole nitrogens is 1. The van der Waals surface area contributed by atoms with E-state index in [0.717, 1.165) is 18.0 Å². The number of methoxy groups -OCH3 is 1. The van der Waals surface area contributed by atoms with Crippen molar-refractivity contribution in [1.29, 1.82) is 0 Å². The van der Waals surface area contributed by atoms with Crippen molar-refractivity contribution < 1.29 is 4.74 Å². The summed E-state index contributed by atoms with van der Waals surface area (Å²) in [6.07, 6.45) is 3.91. The lowest BCUT2D eigenvalue weighted by Crippen LogP contribution is -2.00. The molecule has 1 aromatic carbocycles. The second-order valence-electron chi connectivity index (χ2n) is 3.75. The number of rotatable bonds is 4. The van der Waals surface area contributed by atoms with Crippen molar-refractivity contribution in [2.24, 2.45) is 0 Å². The van der Waals surface area contributed by atoms with E-state index < -0.39 is 0 Å². The van der Waals surface area contributed by atoms with E-state index in [9.17, 15) is 0 Å². The quantitative estimate of drug-likeness (QED) is 0.824. The molecule has 0 saturated heterocycles.